The Labute approximate surface area is 147 Å². The molecule has 0 unspecified atom stereocenters. The van der Waals surface area contributed by atoms with Gasteiger partial charge in [-0.3, -0.25) is 0 Å². The van der Waals surface area contributed by atoms with Gasteiger partial charge in [-0.05, 0) is 51.9 Å². The van der Waals surface area contributed by atoms with Crippen LogP contribution in [0.25, 0.3) is 5.69 Å². The lowest BCUT2D eigenvalue weighted by Gasteiger charge is -2.32. The number of benzene rings is 1. The molecule has 0 aliphatic carbocycles. The standard InChI is InChI=1S/C16H18BF3N2O2/c1-14(2)15(3,4)24-17(23-14)13-8-9-22(21-13)12-7-5-6-11(10-12)16(18,19)20/h5-10H,1-4H3/i5D,6D,7D,8D,9D,10D. The summed E-state index contributed by atoms with van der Waals surface area (Å²) >= 11 is 0. The van der Waals surface area contributed by atoms with Gasteiger partial charge in [-0.15, -0.1) is 0 Å². The van der Waals surface area contributed by atoms with Gasteiger partial charge in [-0.1, -0.05) is 6.04 Å². The Morgan fingerprint density at radius 2 is 1.75 bits per heavy atom. The van der Waals surface area contributed by atoms with E-state index >= 15 is 0 Å². The van der Waals surface area contributed by atoms with E-state index in [1.807, 2.05) is 0 Å². The number of nitrogens with zero attached hydrogens (tertiary/aromatic N) is 2. The van der Waals surface area contributed by atoms with Crippen LogP contribution in [-0.2, 0) is 15.5 Å². The molecule has 3 rings (SSSR count). The van der Waals surface area contributed by atoms with Crippen LogP contribution in [0.4, 0.5) is 13.2 Å². The molecule has 0 radical (unpaired) electrons. The molecular formula is C16H18BF3N2O2. The number of rotatable bonds is 2. The second-order valence-electron chi connectivity index (χ2n) is 6.34. The third-order valence-electron chi connectivity index (χ3n) is 4.08. The molecule has 2 aromatic rings. The Bertz CT molecular complexity index is 1030. The van der Waals surface area contributed by atoms with Crippen LogP contribution < -0.4 is 5.59 Å². The van der Waals surface area contributed by atoms with Gasteiger partial charge in [0.05, 0.1) is 36.3 Å². The van der Waals surface area contributed by atoms with Gasteiger partial charge in [0.2, 0.25) is 0 Å². The molecular weight excluding hydrogens is 320 g/mol. The molecule has 1 aliphatic rings. The molecule has 4 nitrogen and oxygen atoms in total. The molecule has 2 heterocycles. The summed E-state index contributed by atoms with van der Waals surface area (Å²) < 4.78 is 99.5. The zero-order valence-corrected chi connectivity index (χ0v) is 13.4. The molecule has 0 spiro atoms. The first-order chi connectivity index (χ1) is 13.5. The summed E-state index contributed by atoms with van der Waals surface area (Å²) in [5.74, 6) is 0. The van der Waals surface area contributed by atoms with Crippen LogP contribution in [0.3, 0.4) is 0 Å². The molecule has 0 amide bonds. The molecule has 24 heavy (non-hydrogen) atoms. The van der Waals surface area contributed by atoms with Crippen molar-refractivity contribution in [2.24, 2.45) is 0 Å². The minimum Gasteiger partial charge on any atom is -0.398 e. The third-order valence-corrected chi connectivity index (χ3v) is 4.08. The number of alkyl halides is 3. The minimum absolute atomic E-state index is 0.201. The Hall–Kier alpha value is -1.80. The van der Waals surface area contributed by atoms with E-state index in [0.29, 0.717) is 4.68 Å². The smallest absolute Gasteiger partial charge is 0.398 e. The number of halogens is 3. The molecule has 0 atom stereocenters. The van der Waals surface area contributed by atoms with Crippen molar-refractivity contribution < 1.29 is 30.7 Å². The predicted octanol–water partition coefficient (Wildman–Crippen LogP) is 3.19. The van der Waals surface area contributed by atoms with Crippen molar-refractivity contribution in [2.45, 2.75) is 45.1 Å². The van der Waals surface area contributed by atoms with Gasteiger partial charge in [-0.25, -0.2) is 4.68 Å². The van der Waals surface area contributed by atoms with Crippen molar-refractivity contribution >= 4 is 12.7 Å². The molecule has 0 saturated carbocycles. The van der Waals surface area contributed by atoms with Crippen molar-refractivity contribution in [3.05, 3.63) is 41.9 Å². The second kappa shape index (κ2) is 5.36. The maximum Gasteiger partial charge on any atom is 0.516 e. The highest BCUT2D eigenvalue weighted by atomic mass is 19.4. The zero-order chi connectivity index (χ0) is 23.0. The molecule has 0 bridgehead atoms. The SMILES string of the molecule is [2H]c1c([2H])c(-n2nc(B3OC(C)(C)C(C)(C)O3)c([2H])c2[2H])c([2H])c(C(F)(F)F)c1[2H]. The van der Waals surface area contributed by atoms with Crippen LogP contribution in [-0.4, -0.2) is 28.1 Å². The lowest BCUT2D eigenvalue weighted by Crippen LogP contribution is -2.41. The largest absolute Gasteiger partial charge is 0.516 e. The van der Waals surface area contributed by atoms with Gasteiger partial charge >= 0.3 is 13.3 Å². The van der Waals surface area contributed by atoms with Crippen molar-refractivity contribution in [1.29, 1.82) is 0 Å². The fourth-order valence-electron chi connectivity index (χ4n) is 2.02. The van der Waals surface area contributed by atoms with Gasteiger partial charge < -0.3 is 9.31 Å². The van der Waals surface area contributed by atoms with Crippen LogP contribution in [0.2, 0.25) is 0 Å². The van der Waals surface area contributed by atoms with E-state index in [1.54, 1.807) is 27.7 Å². The van der Waals surface area contributed by atoms with Gasteiger partial charge in [0.15, 0.2) is 0 Å². The second-order valence-corrected chi connectivity index (χ2v) is 6.34. The molecule has 8 heteroatoms. The van der Waals surface area contributed by atoms with E-state index in [2.05, 4.69) is 5.10 Å². The van der Waals surface area contributed by atoms with Crippen LogP contribution >= 0.6 is 0 Å². The van der Waals surface area contributed by atoms with Crippen LogP contribution in [0, 0.1) is 0 Å². The van der Waals surface area contributed by atoms with Crippen molar-refractivity contribution in [3.8, 4) is 5.69 Å². The predicted molar refractivity (Wildman–Crippen MR) is 84.3 cm³/mol. The highest BCUT2D eigenvalue weighted by molar-refractivity contribution is 6.61. The molecule has 1 aromatic carbocycles. The average molecular weight is 344 g/mol. The molecule has 1 aromatic heterocycles. The fourth-order valence-corrected chi connectivity index (χ4v) is 2.02. The maximum absolute atomic E-state index is 13.4. The number of hydrogen-bond acceptors (Lipinski definition) is 3. The van der Waals surface area contributed by atoms with E-state index in [0.717, 1.165) is 0 Å². The first-order valence-corrected chi connectivity index (χ1v) is 7.11. The summed E-state index contributed by atoms with van der Waals surface area (Å²) in [6.07, 6.45) is -5.83. The normalized spacial score (nSPS) is 23.2. The lowest BCUT2D eigenvalue weighted by molar-refractivity contribution is -0.137. The quantitative estimate of drug-likeness (QED) is 0.785. The Morgan fingerprint density at radius 1 is 1.12 bits per heavy atom. The maximum atomic E-state index is 13.4. The van der Waals surface area contributed by atoms with E-state index in [-0.39, 0.29) is 5.59 Å². The molecule has 0 N–H and O–H groups in total. The monoisotopic (exact) mass is 344 g/mol. The van der Waals surface area contributed by atoms with Gasteiger partial charge in [0.25, 0.3) is 0 Å². The number of aromatic nitrogens is 2. The summed E-state index contributed by atoms with van der Waals surface area (Å²) in [6, 6.07) is -5.04. The van der Waals surface area contributed by atoms with Crippen LogP contribution in [0.5, 0.6) is 0 Å². The average Bonchev–Trinajstić information content (AvgIpc) is 2.98. The van der Waals surface area contributed by atoms with E-state index in [9.17, 15) is 13.2 Å². The van der Waals surface area contributed by atoms with E-state index in [1.165, 1.54) is 0 Å². The lowest BCUT2D eigenvalue weighted by atomic mass is 9.85. The van der Waals surface area contributed by atoms with Crippen LogP contribution in [0.1, 0.15) is 41.5 Å². The highest BCUT2D eigenvalue weighted by Gasteiger charge is 2.52. The topological polar surface area (TPSA) is 36.3 Å². The van der Waals surface area contributed by atoms with E-state index < -0.39 is 72.1 Å². The van der Waals surface area contributed by atoms with Crippen molar-refractivity contribution in [2.75, 3.05) is 0 Å². The summed E-state index contributed by atoms with van der Waals surface area (Å²) in [7, 11) is -1.19. The van der Waals surface area contributed by atoms with Gasteiger partial charge in [0, 0.05) is 6.17 Å². The van der Waals surface area contributed by atoms with E-state index in [4.69, 9.17) is 17.5 Å². The van der Waals surface area contributed by atoms with Crippen molar-refractivity contribution in [1.82, 2.24) is 9.78 Å². The fraction of sp³-hybridized carbons (Fsp3) is 0.438. The molecule has 1 saturated heterocycles. The summed E-state index contributed by atoms with van der Waals surface area (Å²) in [6.45, 7) is 6.98. The van der Waals surface area contributed by atoms with Gasteiger partial charge in [0.1, 0.15) is 0 Å². The van der Waals surface area contributed by atoms with Gasteiger partial charge in [-0.2, -0.15) is 18.3 Å². The van der Waals surface area contributed by atoms with Crippen LogP contribution in [0.15, 0.2) is 36.4 Å². The summed E-state index contributed by atoms with van der Waals surface area (Å²) in [5, 5.41) is 3.95. The third kappa shape index (κ3) is 2.96. The Balaban J connectivity index is 2.23. The minimum atomic E-state index is -5.12. The summed E-state index contributed by atoms with van der Waals surface area (Å²) in [4.78, 5) is 0. The van der Waals surface area contributed by atoms with Crippen molar-refractivity contribution in [3.63, 3.8) is 0 Å². The summed E-state index contributed by atoms with van der Waals surface area (Å²) in [5.41, 5.74) is -4.33. The Kier molecular flexibility index (Phi) is 2.44. The molecule has 128 valence electrons. The molecule has 1 aliphatic heterocycles. The zero-order valence-electron chi connectivity index (χ0n) is 19.4. The number of hydrogen-bond donors (Lipinski definition) is 0. The highest BCUT2D eigenvalue weighted by Crippen LogP contribution is 2.36. The first-order valence-electron chi connectivity index (χ1n) is 10.1. The first kappa shape index (κ1) is 10.9. The Morgan fingerprint density at radius 3 is 2.33 bits per heavy atom. The molecule has 1 fully saturated rings.